The molecule has 2 rings (SSSR count). The molecule has 1 amide bonds. The zero-order chi connectivity index (χ0) is 16.8. The van der Waals surface area contributed by atoms with Crippen LogP contribution in [0.4, 0.5) is 0 Å². The van der Waals surface area contributed by atoms with Crippen molar-refractivity contribution in [1.82, 2.24) is 5.32 Å². The molecule has 0 aliphatic heterocycles. The van der Waals surface area contributed by atoms with Gasteiger partial charge in [0.25, 0.3) is 5.91 Å². The minimum Gasteiger partial charge on any atom is -0.404 e. The number of amides is 1. The SMILES string of the molecule is CC(=C/N)/C(=C\N)c1ccc(C(=O)NC(C)C2CCCCC2)s1. The summed E-state index contributed by atoms with van der Waals surface area (Å²) in [5, 5.41) is 3.16. The number of carbonyl (C=O) groups is 1. The lowest BCUT2D eigenvalue weighted by Crippen LogP contribution is -2.38. The van der Waals surface area contributed by atoms with Crippen LogP contribution >= 0.6 is 11.3 Å². The van der Waals surface area contributed by atoms with Crippen LogP contribution < -0.4 is 16.8 Å². The van der Waals surface area contributed by atoms with Gasteiger partial charge in [-0.1, -0.05) is 19.3 Å². The van der Waals surface area contributed by atoms with Gasteiger partial charge in [0.1, 0.15) is 0 Å². The van der Waals surface area contributed by atoms with Gasteiger partial charge in [0.15, 0.2) is 0 Å². The Balaban J connectivity index is 2.03. The average Bonchev–Trinajstić information content (AvgIpc) is 3.06. The van der Waals surface area contributed by atoms with Gasteiger partial charge in [-0.25, -0.2) is 0 Å². The van der Waals surface area contributed by atoms with Crippen molar-refractivity contribution < 1.29 is 4.79 Å². The van der Waals surface area contributed by atoms with Crippen molar-refractivity contribution in [3.05, 3.63) is 39.9 Å². The monoisotopic (exact) mass is 333 g/mol. The van der Waals surface area contributed by atoms with Crippen molar-refractivity contribution in [2.24, 2.45) is 17.4 Å². The first-order valence-corrected chi connectivity index (χ1v) is 9.10. The molecule has 1 aromatic heterocycles. The molecule has 5 heteroatoms. The zero-order valence-electron chi connectivity index (χ0n) is 14.0. The average molecular weight is 334 g/mol. The van der Waals surface area contributed by atoms with Crippen molar-refractivity contribution in [3.8, 4) is 0 Å². The van der Waals surface area contributed by atoms with E-state index in [-0.39, 0.29) is 11.9 Å². The molecule has 0 radical (unpaired) electrons. The molecule has 1 fully saturated rings. The van der Waals surface area contributed by atoms with E-state index in [0.29, 0.717) is 10.8 Å². The number of allylic oxidation sites excluding steroid dienone is 2. The van der Waals surface area contributed by atoms with Crippen LogP contribution in [0.3, 0.4) is 0 Å². The number of hydrogen-bond acceptors (Lipinski definition) is 4. The van der Waals surface area contributed by atoms with E-state index in [2.05, 4.69) is 12.2 Å². The Morgan fingerprint density at radius 3 is 2.48 bits per heavy atom. The quantitative estimate of drug-likeness (QED) is 0.720. The largest absolute Gasteiger partial charge is 0.404 e. The lowest BCUT2D eigenvalue weighted by molar-refractivity contribution is 0.0923. The van der Waals surface area contributed by atoms with E-state index in [4.69, 9.17) is 11.5 Å². The second-order valence-electron chi connectivity index (χ2n) is 6.25. The zero-order valence-corrected chi connectivity index (χ0v) is 14.8. The van der Waals surface area contributed by atoms with Gasteiger partial charge < -0.3 is 16.8 Å². The van der Waals surface area contributed by atoms with Crippen molar-refractivity contribution in [3.63, 3.8) is 0 Å². The summed E-state index contributed by atoms with van der Waals surface area (Å²) in [5.41, 5.74) is 13.0. The maximum Gasteiger partial charge on any atom is 0.261 e. The molecule has 1 atom stereocenters. The highest BCUT2D eigenvalue weighted by molar-refractivity contribution is 7.15. The Labute approximate surface area is 142 Å². The highest BCUT2D eigenvalue weighted by Gasteiger charge is 2.22. The molecule has 1 heterocycles. The number of hydrogen-bond donors (Lipinski definition) is 3. The summed E-state index contributed by atoms with van der Waals surface area (Å²) >= 11 is 1.45. The minimum absolute atomic E-state index is 0.00470. The van der Waals surface area contributed by atoms with E-state index in [1.807, 2.05) is 19.1 Å². The fraction of sp³-hybridized carbons (Fsp3) is 0.500. The standard InChI is InChI=1S/C18H27N3OS/c1-12(10-19)15(11-20)16-8-9-17(23-16)18(22)21-13(2)14-6-4-3-5-7-14/h8-11,13-14H,3-7,19-20H2,1-2H3,(H,21,22)/b12-10-,15-11+. The van der Waals surface area contributed by atoms with Crippen molar-refractivity contribution >= 4 is 22.8 Å². The lowest BCUT2D eigenvalue weighted by atomic mass is 9.84. The molecule has 1 aromatic rings. The van der Waals surface area contributed by atoms with Gasteiger partial charge in [-0.3, -0.25) is 4.79 Å². The molecular formula is C18H27N3OS. The van der Waals surface area contributed by atoms with Gasteiger partial charge in [0.05, 0.1) is 4.88 Å². The molecule has 1 aliphatic rings. The Morgan fingerprint density at radius 2 is 1.87 bits per heavy atom. The van der Waals surface area contributed by atoms with E-state index < -0.39 is 0 Å². The Hall–Kier alpha value is -1.75. The van der Waals surface area contributed by atoms with Crippen molar-refractivity contribution in [2.45, 2.75) is 52.0 Å². The van der Waals surface area contributed by atoms with Crippen LogP contribution in [0.2, 0.25) is 0 Å². The molecule has 1 saturated carbocycles. The topological polar surface area (TPSA) is 81.1 Å². The number of rotatable bonds is 5. The molecule has 1 aliphatic carbocycles. The number of nitrogens with two attached hydrogens (primary N) is 2. The molecule has 0 spiro atoms. The van der Waals surface area contributed by atoms with Crippen LogP contribution in [0.5, 0.6) is 0 Å². The van der Waals surface area contributed by atoms with E-state index >= 15 is 0 Å². The Bertz CT molecular complexity index is 597. The van der Waals surface area contributed by atoms with Gasteiger partial charge in [-0.2, -0.15) is 0 Å². The van der Waals surface area contributed by atoms with E-state index in [9.17, 15) is 4.79 Å². The first-order valence-electron chi connectivity index (χ1n) is 8.28. The molecular weight excluding hydrogens is 306 g/mol. The summed E-state index contributed by atoms with van der Waals surface area (Å²) in [6, 6.07) is 4.01. The molecule has 126 valence electrons. The molecule has 0 aromatic carbocycles. The second-order valence-corrected chi connectivity index (χ2v) is 7.34. The highest BCUT2D eigenvalue weighted by Crippen LogP contribution is 2.29. The molecule has 0 bridgehead atoms. The van der Waals surface area contributed by atoms with Gasteiger partial charge in [0, 0.05) is 22.7 Å². The van der Waals surface area contributed by atoms with E-state index in [1.165, 1.54) is 55.8 Å². The molecule has 1 unspecified atom stereocenters. The van der Waals surface area contributed by atoms with Crippen molar-refractivity contribution in [2.75, 3.05) is 0 Å². The molecule has 5 N–H and O–H groups in total. The third-order valence-electron chi connectivity index (χ3n) is 4.65. The van der Waals surface area contributed by atoms with Crippen molar-refractivity contribution in [1.29, 1.82) is 0 Å². The predicted octanol–water partition coefficient (Wildman–Crippen LogP) is 3.61. The summed E-state index contributed by atoms with van der Waals surface area (Å²) in [7, 11) is 0. The highest BCUT2D eigenvalue weighted by atomic mass is 32.1. The van der Waals surface area contributed by atoms with Crippen LogP contribution in [0.1, 0.15) is 60.5 Å². The summed E-state index contributed by atoms with van der Waals surface area (Å²) in [4.78, 5) is 14.1. The molecule has 4 nitrogen and oxygen atoms in total. The maximum absolute atomic E-state index is 12.5. The smallest absolute Gasteiger partial charge is 0.261 e. The van der Waals surface area contributed by atoms with Gasteiger partial charge in [0.2, 0.25) is 0 Å². The first-order chi connectivity index (χ1) is 11.1. The number of carbonyl (C=O) groups excluding carboxylic acids is 1. The van der Waals surface area contributed by atoms with E-state index in [0.717, 1.165) is 16.0 Å². The Kier molecular flexibility index (Phi) is 6.28. The molecule has 0 saturated heterocycles. The molecule has 23 heavy (non-hydrogen) atoms. The van der Waals surface area contributed by atoms with E-state index in [1.54, 1.807) is 0 Å². The fourth-order valence-electron chi connectivity index (χ4n) is 3.13. The fourth-order valence-corrected chi connectivity index (χ4v) is 4.13. The number of thiophene rings is 1. The number of nitrogens with one attached hydrogen (secondary N) is 1. The van der Waals surface area contributed by atoms with Crippen LogP contribution in [-0.2, 0) is 0 Å². The summed E-state index contributed by atoms with van der Waals surface area (Å²) in [5.74, 6) is 0.610. The third-order valence-corrected chi connectivity index (χ3v) is 5.77. The summed E-state index contributed by atoms with van der Waals surface area (Å²) in [6.07, 6.45) is 9.40. The predicted molar refractivity (Wildman–Crippen MR) is 97.9 cm³/mol. The lowest BCUT2D eigenvalue weighted by Gasteiger charge is -2.28. The Morgan fingerprint density at radius 1 is 1.22 bits per heavy atom. The first kappa shape index (κ1) is 17.6. The van der Waals surface area contributed by atoms with Gasteiger partial charge >= 0.3 is 0 Å². The van der Waals surface area contributed by atoms with Crippen LogP contribution in [0.15, 0.2) is 30.1 Å². The van der Waals surface area contributed by atoms with Gasteiger partial charge in [-0.15, -0.1) is 11.3 Å². The maximum atomic E-state index is 12.5. The minimum atomic E-state index is 0.00470. The van der Waals surface area contributed by atoms with Crippen LogP contribution in [0.25, 0.3) is 5.57 Å². The third kappa shape index (κ3) is 4.38. The second kappa shape index (κ2) is 8.20. The normalized spacial score (nSPS) is 18.7. The van der Waals surface area contributed by atoms with Gasteiger partial charge in [-0.05, 0) is 56.5 Å². The van der Waals surface area contributed by atoms with Crippen LogP contribution in [-0.4, -0.2) is 11.9 Å². The van der Waals surface area contributed by atoms with Crippen LogP contribution in [0, 0.1) is 5.92 Å². The summed E-state index contributed by atoms with van der Waals surface area (Å²) < 4.78 is 0. The summed E-state index contributed by atoms with van der Waals surface area (Å²) in [6.45, 7) is 4.03.